The molecule has 2 aromatic carbocycles. The Morgan fingerprint density at radius 1 is 1.22 bits per heavy atom. The lowest BCUT2D eigenvalue weighted by Crippen LogP contribution is -2.27. The number of ether oxygens (including phenoxy) is 2. The van der Waals surface area contributed by atoms with Gasteiger partial charge in [-0.25, -0.2) is 4.98 Å². The zero-order valence-corrected chi connectivity index (χ0v) is 19.0. The van der Waals surface area contributed by atoms with E-state index in [1.165, 1.54) is 6.08 Å². The van der Waals surface area contributed by atoms with Gasteiger partial charge in [-0.15, -0.1) is 0 Å². The molecule has 0 saturated heterocycles. The fraction of sp³-hybridized carbons (Fsp3) is 0.308. The third-order valence-corrected chi connectivity index (χ3v) is 5.20. The van der Waals surface area contributed by atoms with E-state index in [-0.39, 0.29) is 11.9 Å². The number of para-hydroxylation sites is 2. The van der Waals surface area contributed by atoms with Crippen LogP contribution in [0.5, 0.6) is 11.5 Å². The van der Waals surface area contributed by atoms with Gasteiger partial charge in [0, 0.05) is 6.54 Å². The van der Waals surface area contributed by atoms with Gasteiger partial charge in [-0.1, -0.05) is 36.9 Å². The van der Waals surface area contributed by atoms with Gasteiger partial charge in [0.1, 0.15) is 5.82 Å². The SMILES string of the molecule is C=CC(=O)NC(C)c1nc2ccccc2n1CCCCOc1ccc(/C=C/C)cc1OC. The van der Waals surface area contributed by atoms with Crippen LogP contribution in [0.4, 0.5) is 0 Å². The summed E-state index contributed by atoms with van der Waals surface area (Å²) in [5, 5.41) is 2.91. The number of aryl methyl sites for hydroxylation is 1. The number of hydrogen-bond donors (Lipinski definition) is 1. The Balaban J connectivity index is 1.63. The van der Waals surface area contributed by atoms with Crippen LogP contribution in [0.2, 0.25) is 0 Å². The van der Waals surface area contributed by atoms with Gasteiger partial charge in [0.05, 0.1) is 30.8 Å². The Bertz CT molecular complexity index is 1100. The molecule has 1 amide bonds. The lowest BCUT2D eigenvalue weighted by atomic mass is 10.2. The third-order valence-electron chi connectivity index (χ3n) is 5.20. The van der Waals surface area contributed by atoms with Gasteiger partial charge >= 0.3 is 0 Å². The van der Waals surface area contributed by atoms with Gasteiger partial charge < -0.3 is 19.4 Å². The molecule has 0 spiro atoms. The molecule has 168 valence electrons. The molecule has 0 radical (unpaired) electrons. The molecule has 1 aromatic heterocycles. The molecule has 0 aliphatic heterocycles. The van der Waals surface area contributed by atoms with Crippen LogP contribution in [0.15, 0.2) is 61.2 Å². The summed E-state index contributed by atoms with van der Waals surface area (Å²) in [6.07, 6.45) is 7.08. The summed E-state index contributed by atoms with van der Waals surface area (Å²) >= 11 is 0. The summed E-state index contributed by atoms with van der Waals surface area (Å²) in [6.45, 7) is 8.82. The highest BCUT2D eigenvalue weighted by molar-refractivity contribution is 5.87. The molecule has 1 N–H and O–H groups in total. The van der Waals surface area contributed by atoms with E-state index in [4.69, 9.17) is 14.5 Å². The topological polar surface area (TPSA) is 65.4 Å². The maximum absolute atomic E-state index is 11.8. The molecule has 1 heterocycles. The van der Waals surface area contributed by atoms with Gasteiger partial charge in [0.15, 0.2) is 11.5 Å². The Kier molecular flexibility index (Phi) is 8.08. The normalized spacial score (nSPS) is 12.1. The molecule has 6 heteroatoms. The summed E-state index contributed by atoms with van der Waals surface area (Å²) in [5.41, 5.74) is 3.06. The van der Waals surface area contributed by atoms with Gasteiger partial charge in [-0.2, -0.15) is 0 Å². The average molecular weight is 434 g/mol. The van der Waals surface area contributed by atoms with E-state index in [0.29, 0.717) is 6.61 Å². The first kappa shape index (κ1) is 23.1. The van der Waals surface area contributed by atoms with Crippen LogP contribution in [0.3, 0.4) is 0 Å². The van der Waals surface area contributed by atoms with Crippen molar-refractivity contribution in [1.82, 2.24) is 14.9 Å². The maximum atomic E-state index is 11.8. The Labute approximate surface area is 189 Å². The van der Waals surface area contributed by atoms with Gasteiger partial charge in [-0.3, -0.25) is 4.79 Å². The first-order chi connectivity index (χ1) is 15.6. The molecule has 0 bridgehead atoms. The lowest BCUT2D eigenvalue weighted by molar-refractivity contribution is -0.117. The van der Waals surface area contributed by atoms with Crippen molar-refractivity contribution < 1.29 is 14.3 Å². The highest BCUT2D eigenvalue weighted by Gasteiger charge is 2.17. The Morgan fingerprint density at radius 2 is 2.03 bits per heavy atom. The first-order valence-corrected chi connectivity index (χ1v) is 10.9. The monoisotopic (exact) mass is 433 g/mol. The largest absolute Gasteiger partial charge is 0.493 e. The number of fused-ring (bicyclic) bond motifs is 1. The van der Waals surface area contributed by atoms with Crippen molar-refractivity contribution in [3.63, 3.8) is 0 Å². The number of amides is 1. The van der Waals surface area contributed by atoms with Gasteiger partial charge in [-0.05, 0) is 62.6 Å². The number of unbranched alkanes of at least 4 members (excludes halogenated alkanes) is 1. The van der Waals surface area contributed by atoms with Crippen LogP contribution in [0.25, 0.3) is 17.1 Å². The molecule has 6 nitrogen and oxygen atoms in total. The van der Waals surface area contributed by atoms with Crippen LogP contribution in [-0.2, 0) is 11.3 Å². The predicted octanol–water partition coefficient (Wildman–Crippen LogP) is 5.30. The molecule has 3 aromatic rings. The van der Waals surface area contributed by atoms with E-state index in [2.05, 4.69) is 22.5 Å². The van der Waals surface area contributed by atoms with E-state index in [9.17, 15) is 4.79 Å². The molecule has 0 saturated carbocycles. The van der Waals surface area contributed by atoms with E-state index < -0.39 is 0 Å². The number of rotatable bonds is 11. The van der Waals surface area contributed by atoms with Crippen molar-refractivity contribution >= 4 is 23.0 Å². The van der Waals surface area contributed by atoms with Crippen LogP contribution in [-0.4, -0.2) is 29.2 Å². The second-order valence-corrected chi connectivity index (χ2v) is 7.51. The Morgan fingerprint density at radius 3 is 2.78 bits per heavy atom. The molecule has 0 fully saturated rings. The number of imidazole rings is 1. The summed E-state index contributed by atoms with van der Waals surface area (Å²) in [4.78, 5) is 16.5. The van der Waals surface area contributed by atoms with Crippen molar-refractivity contribution in [2.75, 3.05) is 13.7 Å². The molecule has 32 heavy (non-hydrogen) atoms. The number of allylic oxidation sites excluding steroid dienone is 1. The number of carbonyl (C=O) groups excluding carboxylic acids is 1. The number of benzene rings is 2. The number of hydrogen-bond acceptors (Lipinski definition) is 4. The fourth-order valence-electron chi connectivity index (χ4n) is 3.65. The molecular formula is C26H31N3O3. The molecular weight excluding hydrogens is 402 g/mol. The number of nitrogens with one attached hydrogen (secondary N) is 1. The summed E-state index contributed by atoms with van der Waals surface area (Å²) in [5.74, 6) is 2.10. The lowest BCUT2D eigenvalue weighted by Gasteiger charge is -2.16. The van der Waals surface area contributed by atoms with Crippen molar-refractivity contribution in [2.45, 2.75) is 39.3 Å². The minimum absolute atomic E-state index is 0.209. The second kappa shape index (κ2) is 11.2. The average Bonchev–Trinajstić information content (AvgIpc) is 3.18. The van der Waals surface area contributed by atoms with E-state index in [1.54, 1.807) is 7.11 Å². The van der Waals surface area contributed by atoms with Crippen LogP contribution < -0.4 is 14.8 Å². The highest BCUT2D eigenvalue weighted by Crippen LogP contribution is 2.29. The number of aromatic nitrogens is 2. The maximum Gasteiger partial charge on any atom is 0.243 e. The van der Waals surface area contributed by atoms with Crippen molar-refractivity contribution in [1.29, 1.82) is 0 Å². The van der Waals surface area contributed by atoms with Crippen LogP contribution >= 0.6 is 0 Å². The van der Waals surface area contributed by atoms with Crippen molar-refractivity contribution in [3.05, 3.63) is 72.6 Å². The standard InChI is InChI=1S/C26H31N3O3/c1-5-11-20-14-15-23(24(18-20)31-4)32-17-10-9-16-29-22-13-8-7-12-21(22)28-26(29)19(3)27-25(30)6-2/h5-8,11-15,18-19H,2,9-10,16-17H2,1,3-4H3,(H,27,30)/b11-5+. The van der Waals surface area contributed by atoms with Crippen LogP contribution in [0, 0.1) is 0 Å². The van der Waals surface area contributed by atoms with E-state index in [1.807, 2.05) is 62.4 Å². The quantitative estimate of drug-likeness (QED) is 0.329. The molecule has 0 aliphatic rings. The number of carbonyl (C=O) groups is 1. The zero-order chi connectivity index (χ0) is 22.9. The highest BCUT2D eigenvalue weighted by atomic mass is 16.5. The van der Waals surface area contributed by atoms with Crippen LogP contribution in [0.1, 0.15) is 44.1 Å². The van der Waals surface area contributed by atoms with Gasteiger partial charge in [0.25, 0.3) is 0 Å². The fourth-order valence-corrected chi connectivity index (χ4v) is 3.65. The molecule has 0 aliphatic carbocycles. The van der Waals surface area contributed by atoms with E-state index in [0.717, 1.165) is 53.3 Å². The third kappa shape index (κ3) is 5.58. The summed E-state index contributed by atoms with van der Waals surface area (Å²) in [7, 11) is 1.65. The minimum Gasteiger partial charge on any atom is -0.493 e. The number of nitrogens with zero attached hydrogens (tertiary/aromatic N) is 2. The van der Waals surface area contributed by atoms with Crippen molar-refractivity contribution in [2.24, 2.45) is 0 Å². The zero-order valence-electron chi connectivity index (χ0n) is 19.0. The molecule has 1 atom stereocenters. The van der Waals surface area contributed by atoms with E-state index >= 15 is 0 Å². The minimum atomic E-state index is -0.218. The predicted molar refractivity (Wildman–Crippen MR) is 129 cm³/mol. The molecule has 1 unspecified atom stereocenters. The van der Waals surface area contributed by atoms with Gasteiger partial charge in [0.2, 0.25) is 5.91 Å². The number of methoxy groups -OCH3 is 1. The van der Waals surface area contributed by atoms with Crippen molar-refractivity contribution in [3.8, 4) is 11.5 Å². The smallest absolute Gasteiger partial charge is 0.243 e. The summed E-state index contributed by atoms with van der Waals surface area (Å²) in [6, 6.07) is 13.7. The first-order valence-electron chi connectivity index (χ1n) is 10.9. The summed E-state index contributed by atoms with van der Waals surface area (Å²) < 4.78 is 13.6. The molecule has 3 rings (SSSR count). The Hall–Kier alpha value is -3.54. The second-order valence-electron chi connectivity index (χ2n) is 7.51.